The van der Waals surface area contributed by atoms with Crippen LogP contribution in [0.1, 0.15) is 110 Å². The summed E-state index contributed by atoms with van der Waals surface area (Å²) < 4.78 is 4.54. The Morgan fingerprint density at radius 2 is 1.33 bits per heavy atom. The molecular formula is C27H51N3O6. The van der Waals surface area contributed by atoms with Crippen molar-refractivity contribution in [1.29, 1.82) is 0 Å². The van der Waals surface area contributed by atoms with Gasteiger partial charge < -0.3 is 30.5 Å². The summed E-state index contributed by atoms with van der Waals surface area (Å²) in [4.78, 5) is 17.4. The molecule has 1 saturated heterocycles. The van der Waals surface area contributed by atoms with Crippen LogP contribution in [0.15, 0.2) is 17.1 Å². The number of nitrogens with zero attached hydrogens (tertiary/aromatic N) is 1. The van der Waals surface area contributed by atoms with Crippen LogP contribution >= 0.6 is 0 Å². The molecule has 0 unspecified atom stereocenters. The van der Waals surface area contributed by atoms with Gasteiger partial charge in [0.15, 0.2) is 6.29 Å². The molecule has 6 N–H and O–H groups in total. The summed E-state index contributed by atoms with van der Waals surface area (Å²) >= 11 is 0. The molecule has 36 heavy (non-hydrogen) atoms. The van der Waals surface area contributed by atoms with E-state index in [0.717, 1.165) is 18.8 Å². The fraction of sp³-hybridized carbons (Fsp3) is 0.852. The average Bonchev–Trinajstić information content (AvgIpc) is 3.13. The van der Waals surface area contributed by atoms with Crippen molar-refractivity contribution in [2.24, 2.45) is 0 Å². The SMILES string of the molecule is CCCCCCCCCCCCCCCCCCNc1ccnc(=O)[nH]1.OC[C@H]1O[C@@H](O)[C@@H](O)[C@@H]1O. The minimum Gasteiger partial charge on any atom is -0.394 e. The van der Waals surface area contributed by atoms with Crippen LogP contribution in [0.3, 0.4) is 0 Å². The van der Waals surface area contributed by atoms with Crippen LogP contribution in [0.5, 0.6) is 0 Å². The van der Waals surface area contributed by atoms with Crippen LogP contribution in [0.25, 0.3) is 0 Å². The van der Waals surface area contributed by atoms with Gasteiger partial charge >= 0.3 is 5.69 Å². The summed E-state index contributed by atoms with van der Waals surface area (Å²) in [6.07, 6.45) is 19.0. The lowest BCUT2D eigenvalue weighted by Crippen LogP contribution is -2.33. The highest BCUT2D eigenvalue weighted by atomic mass is 16.6. The molecule has 4 atom stereocenters. The van der Waals surface area contributed by atoms with Gasteiger partial charge in [-0.15, -0.1) is 0 Å². The van der Waals surface area contributed by atoms with Gasteiger partial charge in [-0.2, -0.15) is 0 Å². The molecule has 1 aliphatic rings. The number of aromatic amines is 1. The molecule has 0 radical (unpaired) electrons. The maximum absolute atomic E-state index is 11.1. The molecule has 2 rings (SSSR count). The molecule has 0 amide bonds. The van der Waals surface area contributed by atoms with E-state index < -0.39 is 31.2 Å². The molecule has 0 bridgehead atoms. The predicted molar refractivity (Wildman–Crippen MR) is 143 cm³/mol. The molecular weight excluding hydrogens is 462 g/mol. The molecule has 9 nitrogen and oxygen atoms in total. The first kappa shape index (κ1) is 32.5. The molecule has 1 aliphatic heterocycles. The fourth-order valence-corrected chi connectivity index (χ4v) is 4.25. The summed E-state index contributed by atoms with van der Waals surface area (Å²) in [6.45, 7) is 2.79. The second-order valence-corrected chi connectivity index (χ2v) is 9.75. The van der Waals surface area contributed by atoms with Crippen molar-refractivity contribution in [3.05, 3.63) is 22.7 Å². The van der Waals surface area contributed by atoms with Crippen molar-refractivity contribution < 1.29 is 25.2 Å². The number of aliphatic hydroxyl groups excluding tert-OH is 4. The average molecular weight is 514 g/mol. The van der Waals surface area contributed by atoms with Crippen LogP contribution in [-0.2, 0) is 4.74 Å². The van der Waals surface area contributed by atoms with Crippen molar-refractivity contribution >= 4 is 5.82 Å². The number of aromatic nitrogens is 2. The van der Waals surface area contributed by atoms with Crippen LogP contribution in [0.4, 0.5) is 5.82 Å². The van der Waals surface area contributed by atoms with Crippen LogP contribution < -0.4 is 11.0 Å². The van der Waals surface area contributed by atoms with E-state index in [1.54, 1.807) is 6.07 Å². The van der Waals surface area contributed by atoms with Crippen LogP contribution in [-0.4, -0.2) is 68.1 Å². The van der Waals surface area contributed by atoms with Crippen molar-refractivity contribution in [3.8, 4) is 0 Å². The third kappa shape index (κ3) is 15.6. The molecule has 1 fully saturated rings. The van der Waals surface area contributed by atoms with Crippen molar-refractivity contribution in [2.45, 2.75) is 134 Å². The zero-order valence-corrected chi connectivity index (χ0v) is 22.2. The maximum Gasteiger partial charge on any atom is 0.346 e. The first-order valence-corrected chi connectivity index (χ1v) is 14.1. The second kappa shape index (κ2) is 21.6. The smallest absolute Gasteiger partial charge is 0.346 e. The van der Waals surface area contributed by atoms with Gasteiger partial charge in [-0.3, -0.25) is 4.98 Å². The standard InChI is InChI=1S/C22H41N3O.C5H10O5/c1-2-3-4-5-6-7-8-9-10-11-12-13-14-15-16-17-19-23-21-18-20-24-22(26)25-21;6-1-2-3(7)4(8)5(9)10-2/h18,20H,2-17,19H2,1H3,(H2,23,24,25,26);2-9H,1H2/t;2-,3-,4+,5-/m.1/s1. The Morgan fingerprint density at radius 1 is 0.833 bits per heavy atom. The number of hydrogen-bond donors (Lipinski definition) is 6. The molecule has 0 aromatic carbocycles. The number of hydrogen-bond acceptors (Lipinski definition) is 8. The number of aliphatic hydroxyl groups is 4. The van der Waals surface area contributed by atoms with Gasteiger partial charge in [0, 0.05) is 12.7 Å². The monoisotopic (exact) mass is 513 g/mol. The largest absolute Gasteiger partial charge is 0.394 e. The second-order valence-electron chi connectivity index (χ2n) is 9.75. The lowest BCUT2D eigenvalue weighted by Gasteiger charge is -2.09. The molecule has 0 spiro atoms. The summed E-state index contributed by atoms with van der Waals surface area (Å²) in [6, 6.07) is 1.80. The van der Waals surface area contributed by atoms with Gasteiger partial charge in [-0.25, -0.2) is 9.78 Å². The topological polar surface area (TPSA) is 148 Å². The molecule has 1 aromatic rings. The highest BCUT2D eigenvalue weighted by molar-refractivity contribution is 5.31. The van der Waals surface area contributed by atoms with E-state index in [0.29, 0.717) is 0 Å². The highest BCUT2D eigenvalue weighted by Gasteiger charge is 2.41. The Kier molecular flexibility index (Phi) is 19.5. The summed E-state index contributed by atoms with van der Waals surface area (Å²) in [5.74, 6) is 0.769. The Hall–Kier alpha value is -1.52. The zero-order valence-electron chi connectivity index (χ0n) is 22.2. The van der Waals surface area contributed by atoms with E-state index >= 15 is 0 Å². The predicted octanol–water partition coefficient (Wildman–Crippen LogP) is 3.86. The number of rotatable bonds is 19. The number of nitrogens with one attached hydrogen (secondary N) is 2. The third-order valence-corrected chi connectivity index (χ3v) is 6.54. The Balaban J connectivity index is 0.000000537. The first-order chi connectivity index (χ1) is 17.5. The number of ether oxygens (including phenoxy) is 1. The van der Waals surface area contributed by atoms with Crippen molar-refractivity contribution in [3.63, 3.8) is 0 Å². The summed E-state index contributed by atoms with van der Waals surface area (Å²) in [7, 11) is 0. The Labute approximate surface area is 216 Å². The number of anilines is 1. The third-order valence-electron chi connectivity index (χ3n) is 6.54. The molecule has 2 heterocycles. The van der Waals surface area contributed by atoms with Gasteiger partial charge in [0.05, 0.1) is 6.61 Å². The quantitative estimate of drug-likeness (QED) is 0.153. The highest BCUT2D eigenvalue weighted by Crippen LogP contribution is 2.18. The molecule has 9 heteroatoms. The fourth-order valence-electron chi connectivity index (χ4n) is 4.25. The number of unbranched alkanes of at least 4 members (excludes halogenated alkanes) is 15. The molecule has 0 aliphatic carbocycles. The zero-order chi connectivity index (χ0) is 26.4. The summed E-state index contributed by atoms with van der Waals surface area (Å²) in [5.41, 5.74) is -0.290. The minimum absolute atomic E-state index is 0.290. The van der Waals surface area contributed by atoms with E-state index in [-0.39, 0.29) is 5.69 Å². The normalized spacial score (nSPS) is 21.2. The minimum atomic E-state index is -1.38. The summed E-state index contributed by atoms with van der Waals surface area (Å²) in [5, 5.41) is 38.2. The van der Waals surface area contributed by atoms with Crippen LogP contribution in [0, 0.1) is 0 Å². The van der Waals surface area contributed by atoms with Crippen molar-refractivity contribution in [1.82, 2.24) is 9.97 Å². The lowest BCUT2D eigenvalue weighted by atomic mass is 10.0. The number of H-pyrrole nitrogens is 1. The van der Waals surface area contributed by atoms with Gasteiger partial charge in [0.25, 0.3) is 0 Å². The molecule has 1 aromatic heterocycles. The lowest BCUT2D eigenvalue weighted by molar-refractivity contribution is -0.132. The maximum atomic E-state index is 11.1. The van der Waals surface area contributed by atoms with E-state index in [9.17, 15) is 4.79 Å². The Bertz CT molecular complexity index is 689. The van der Waals surface area contributed by atoms with Gasteiger partial charge in [0.1, 0.15) is 24.1 Å². The van der Waals surface area contributed by atoms with Gasteiger partial charge in [0.2, 0.25) is 0 Å². The van der Waals surface area contributed by atoms with Crippen molar-refractivity contribution in [2.75, 3.05) is 18.5 Å². The van der Waals surface area contributed by atoms with E-state index in [2.05, 4.69) is 26.9 Å². The van der Waals surface area contributed by atoms with Crippen LogP contribution in [0.2, 0.25) is 0 Å². The van der Waals surface area contributed by atoms with E-state index in [1.165, 1.54) is 103 Å². The Morgan fingerprint density at radius 3 is 1.72 bits per heavy atom. The van der Waals surface area contributed by atoms with Gasteiger partial charge in [-0.05, 0) is 12.5 Å². The molecule has 0 saturated carbocycles. The molecule has 210 valence electrons. The van der Waals surface area contributed by atoms with E-state index in [4.69, 9.17) is 20.4 Å². The van der Waals surface area contributed by atoms with E-state index in [1.807, 2.05) is 0 Å². The van der Waals surface area contributed by atoms with Gasteiger partial charge in [-0.1, -0.05) is 103 Å². The first-order valence-electron chi connectivity index (χ1n) is 14.1.